The quantitative estimate of drug-likeness (QED) is 0.816. The highest BCUT2D eigenvalue weighted by atomic mass is 16.4. The minimum Gasteiger partial charge on any atom is -0.481 e. The Labute approximate surface area is 126 Å². The molecule has 0 aromatic rings. The molecule has 2 rings (SSSR count). The van der Waals surface area contributed by atoms with Crippen LogP contribution < -0.4 is 0 Å². The van der Waals surface area contributed by atoms with E-state index in [0.29, 0.717) is 13.0 Å². The molecule has 2 aliphatic rings. The summed E-state index contributed by atoms with van der Waals surface area (Å²) in [6.45, 7) is 1.32. The Balaban J connectivity index is 1.88. The summed E-state index contributed by atoms with van der Waals surface area (Å²) in [5.41, 5.74) is 1.14. The number of hydrogen-bond donors (Lipinski definition) is 1. The third-order valence-corrected chi connectivity index (χ3v) is 4.60. The summed E-state index contributed by atoms with van der Waals surface area (Å²) in [7, 11) is 1.86. The van der Waals surface area contributed by atoms with E-state index in [2.05, 4.69) is 11.0 Å². The highest BCUT2D eigenvalue weighted by Crippen LogP contribution is 2.23. The fraction of sp³-hybridized carbons (Fsp3) is 0.750. The zero-order valence-electron chi connectivity index (χ0n) is 12.9. The Hall–Kier alpha value is -1.36. The van der Waals surface area contributed by atoms with E-state index in [9.17, 15) is 9.59 Å². The molecule has 118 valence electrons. The van der Waals surface area contributed by atoms with E-state index in [1.165, 1.54) is 0 Å². The van der Waals surface area contributed by atoms with Crippen LogP contribution >= 0.6 is 0 Å². The maximum Gasteiger partial charge on any atom is 0.303 e. The van der Waals surface area contributed by atoms with Crippen molar-refractivity contribution >= 4 is 11.9 Å². The van der Waals surface area contributed by atoms with Crippen molar-refractivity contribution in [2.75, 3.05) is 20.1 Å². The molecule has 0 aromatic carbocycles. The lowest BCUT2D eigenvalue weighted by Gasteiger charge is -2.36. The summed E-state index contributed by atoms with van der Waals surface area (Å²) >= 11 is 0. The molecule has 1 aliphatic carbocycles. The minimum atomic E-state index is -0.750. The highest BCUT2D eigenvalue weighted by molar-refractivity contribution is 5.79. The molecular weight excluding hydrogens is 268 g/mol. The maximum absolute atomic E-state index is 12.4. The van der Waals surface area contributed by atoms with Gasteiger partial charge in [-0.05, 0) is 45.1 Å². The van der Waals surface area contributed by atoms with Crippen LogP contribution in [0.4, 0.5) is 0 Å². The van der Waals surface area contributed by atoms with E-state index in [4.69, 9.17) is 5.11 Å². The molecule has 21 heavy (non-hydrogen) atoms. The van der Waals surface area contributed by atoms with Crippen molar-refractivity contribution in [2.24, 2.45) is 0 Å². The van der Waals surface area contributed by atoms with Crippen LogP contribution in [0.5, 0.6) is 0 Å². The Morgan fingerprint density at radius 3 is 2.86 bits per heavy atom. The van der Waals surface area contributed by atoms with Gasteiger partial charge in [0.1, 0.15) is 0 Å². The standard InChI is InChI=1S/C16H26N2O3/c1-17(13-6-2-3-7-13)15(19)12-18-11-5-4-8-14(18)9-10-16(20)21/h6,14H,2-5,7-12H2,1H3,(H,20,21). The second kappa shape index (κ2) is 7.59. The van der Waals surface area contributed by atoms with Crippen LogP contribution in [0, 0.1) is 0 Å². The molecule has 5 nitrogen and oxygen atoms in total. The molecule has 1 fully saturated rings. The van der Waals surface area contributed by atoms with Gasteiger partial charge in [-0.25, -0.2) is 0 Å². The smallest absolute Gasteiger partial charge is 0.303 e. The number of carboxylic acid groups (broad SMARTS) is 1. The van der Waals surface area contributed by atoms with Gasteiger partial charge in [0, 0.05) is 25.2 Å². The SMILES string of the molecule is CN(C(=O)CN1CCCCC1CCC(=O)O)C1=CCCC1. The topological polar surface area (TPSA) is 60.9 Å². The molecule has 0 radical (unpaired) electrons. The van der Waals surface area contributed by atoms with Crippen molar-refractivity contribution in [3.05, 3.63) is 11.8 Å². The fourth-order valence-corrected chi connectivity index (χ4v) is 3.28. The molecule has 1 unspecified atom stereocenters. The lowest BCUT2D eigenvalue weighted by atomic mass is 9.98. The number of carbonyl (C=O) groups excluding carboxylic acids is 1. The maximum atomic E-state index is 12.4. The second-order valence-corrected chi connectivity index (χ2v) is 6.09. The van der Waals surface area contributed by atoms with Crippen molar-refractivity contribution in [1.82, 2.24) is 9.80 Å². The zero-order valence-corrected chi connectivity index (χ0v) is 12.9. The molecule has 1 N–H and O–H groups in total. The van der Waals surface area contributed by atoms with Gasteiger partial charge in [0.25, 0.3) is 0 Å². The number of rotatable bonds is 6. The van der Waals surface area contributed by atoms with Gasteiger partial charge in [0.2, 0.25) is 5.91 Å². The molecule has 1 heterocycles. The first-order chi connectivity index (χ1) is 10.1. The zero-order chi connectivity index (χ0) is 15.2. The lowest BCUT2D eigenvalue weighted by Crippen LogP contribution is -2.45. The van der Waals surface area contributed by atoms with Gasteiger partial charge in [0.15, 0.2) is 0 Å². The van der Waals surface area contributed by atoms with Crippen molar-refractivity contribution < 1.29 is 14.7 Å². The van der Waals surface area contributed by atoms with Crippen molar-refractivity contribution in [3.8, 4) is 0 Å². The van der Waals surface area contributed by atoms with Crippen LogP contribution in [0.15, 0.2) is 11.8 Å². The third-order valence-electron chi connectivity index (χ3n) is 4.60. The van der Waals surface area contributed by atoms with Gasteiger partial charge in [-0.2, -0.15) is 0 Å². The molecule has 0 saturated carbocycles. The van der Waals surface area contributed by atoms with E-state index in [1.54, 1.807) is 4.90 Å². The number of allylic oxidation sites excluding steroid dienone is 2. The molecule has 1 atom stereocenters. The van der Waals surface area contributed by atoms with Gasteiger partial charge in [-0.3, -0.25) is 14.5 Å². The molecule has 0 bridgehead atoms. The molecule has 1 saturated heterocycles. The number of carboxylic acids is 1. The van der Waals surface area contributed by atoms with Crippen LogP contribution in [0.1, 0.15) is 51.4 Å². The molecule has 1 amide bonds. The summed E-state index contributed by atoms with van der Waals surface area (Å²) in [5, 5.41) is 8.84. The number of aliphatic carboxylic acids is 1. The third kappa shape index (κ3) is 4.56. The van der Waals surface area contributed by atoms with E-state index in [-0.39, 0.29) is 18.4 Å². The number of nitrogens with zero attached hydrogens (tertiary/aromatic N) is 2. The summed E-state index contributed by atoms with van der Waals surface area (Å²) in [5.74, 6) is -0.620. The highest BCUT2D eigenvalue weighted by Gasteiger charge is 2.26. The first-order valence-electron chi connectivity index (χ1n) is 7.99. The summed E-state index contributed by atoms with van der Waals surface area (Å²) in [6.07, 6.45) is 9.42. The summed E-state index contributed by atoms with van der Waals surface area (Å²) in [4.78, 5) is 27.1. The number of amides is 1. The second-order valence-electron chi connectivity index (χ2n) is 6.09. The van der Waals surface area contributed by atoms with Crippen molar-refractivity contribution in [3.63, 3.8) is 0 Å². The molecule has 0 aromatic heterocycles. The Kier molecular flexibility index (Phi) is 5.79. The molecule has 5 heteroatoms. The van der Waals surface area contributed by atoms with Gasteiger partial charge in [-0.15, -0.1) is 0 Å². The van der Waals surface area contributed by atoms with Crippen LogP contribution in [0.3, 0.4) is 0 Å². The Morgan fingerprint density at radius 1 is 1.38 bits per heavy atom. The van der Waals surface area contributed by atoms with E-state index in [1.807, 2.05) is 7.05 Å². The Morgan fingerprint density at radius 2 is 2.19 bits per heavy atom. The van der Waals surface area contributed by atoms with E-state index in [0.717, 1.165) is 50.8 Å². The first kappa shape index (κ1) is 16.0. The van der Waals surface area contributed by atoms with E-state index >= 15 is 0 Å². The molecular formula is C16H26N2O3. The predicted molar refractivity (Wildman–Crippen MR) is 80.8 cm³/mol. The normalized spacial score (nSPS) is 22.9. The van der Waals surface area contributed by atoms with Gasteiger partial charge < -0.3 is 10.0 Å². The number of likely N-dealkylation sites (N-methyl/N-ethyl adjacent to an activating group) is 1. The predicted octanol–water partition coefficient (Wildman–Crippen LogP) is 2.23. The van der Waals surface area contributed by atoms with Crippen LogP contribution in [0.2, 0.25) is 0 Å². The Bertz CT molecular complexity index is 420. The molecule has 0 spiro atoms. The van der Waals surface area contributed by atoms with Gasteiger partial charge in [0.05, 0.1) is 6.54 Å². The first-order valence-corrected chi connectivity index (χ1v) is 7.99. The summed E-state index contributed by atoms with van der Waals surface area (Å²) in [6, 6.07) is 0.241. The fourth-order valence-electron chi connectivity index (χ4n) is 3.28. The van der Waals surface area contributed by atoms with Gasteiger partial charge in [-0.1, -0.05) is 12.5 Å². The average Bonchev–Trinajstić information content (AvgIpc) is 2.99. The monoisotopic (exact) mass is 294 g/mol. The average molecular weight is 294 g/mol. The summed E-state index contributed by atoms with van der Waals surface area (Å²) < 4.78 is 0. The number of piperidine rings is 1. The molecule has 1 aliphatic heterocycles. The number of hydrogen-bond acceptors (Lipinski definition) is 3. The van der Waals surface area contributed by atoms with Crippen LogP contribution in [-0.4, -0.2) is 53.0 Å². The number of likely N-dealkylation sites (tertiary alicyclic amines) is 1. The van der Waals surface area contributed by atoms with Crippen molar-refractivity contribution in [1.29, 1.82) is 0 Å². The van der Waals surface area contributed by atoms with Crippen LogP contribution in [-0.2, 0) is 9.59 Å². The largest absolute Gasteiger partial charge is 0.481 e. The minimum absolute atomic E-state index is 0.130. The lowest BCUT2D eigenvalue weighted by molar-refractivity contribution is -0.137. The van der Waals surface area contributed by atoms with Crippen LogP contribution in [0.25, 0.3) is 0 Å². The van der Waals surface area contributed by atoms with Crippen molar-refractivity contribution in [2.45, 2.75) is 57.4 Å². The van der Waals surface area contributed by atoms with Gasteiger partial charge >= 0.3 is 5.97 Å². The number of carbonyl (C=O) groups is 2. The van der Waals surface area contributed by atoms with E-state index < -0.39 is 5.97 Å².